The third kappa shape index (κ3) is 4.97. The number of aliphatic hydroxyl groups is 1. The quantitative estimate of drug-likeness (QED) is 0.565. The number of benzene rings is 1. The number of alkyl halides is 3. The van der Waals surface area contributed by atoms with Gasteiger partial charge in [0, 0.05) is 18.3 Å². The molecule has 1 unspecified atom stereocenters. The molecule has 0 radical (unpaired) electrons. The summed E-state index contributed by atoms with van der Waals surface area (Å²) in [4.78, 5) is 0. The van der Waals surface area contributed by atoms with E-state index in [9.17, 15) is 13.9 Å². The van der Waals surface area contributed by atoms with E-state index < -0.39 is 31.0 Å². The molecule has 9 heteroatoms. The number of hydrogen-bond donors (Lipinski definition) is 2. The molecule has 1 atom stereocenters. The van der Waals surface area contributed by atoms with Gasteiger partial charge in [-0.25, -0.2) is 0 Å². The monoisotopic (exact) mass is 377 g/mol. The zero-order chi connectivity index (χ0) is 18.8. The Labute approximate surface area is 151 Å². The van der Waals surface area contributed by atoms with Gasteiger partial charge in [-0.05, 0) is 45.3 Å². The third-order valence-corrected chi connectivity index (χ3v) is 4.76. The van der Waals surface area contributed by atoms with E-state index in [1.807, 2.05) is 27.7 Å². The van der Waals surface area contributed by atoms with Gasteiger partial charge in [-0.3, -0.25) is 0 Å². The molecule has 0 bridgehead atoms. The van der Waals surface area contributed by atoms with E-state index in [4.69, 9.17) is 20.9 Å². The van der Waals surface area contributed by atoms with Crippen LogP contribution >= 0.6 is 11.6 Å². The molecule has 1 aliphatic heterocycles. The number of aliphatic hydroxyl groups excluding tert-OH is 1. The molecule has 0 saturated carbocycles. The van der Waals surface area contributed by atoms with E-state index in [0.717, 1.165) is 0 Å². The van der Waals surface area contributed by atoms with Gasteiger partial charge >= 0.3 is 13.7 Å². The van der Waals surface area contributed by atoms with Gasteiger partial charge in [0.1, 0.15) is 5.75 Å². The molecule has 1 aromatic carbocycles. The zero-order valence-electron chi connectivity index (χ0n) is 14.7. The van der Waals surface area contributed by atoms with Gasteiger partial charge in [0.2, 0.25) is 0 Å². The average Bonchev–Trinajstić information content (AvgIpc) is 2.72. The fourth-order valence-corrected chi connectivity index (χ4v) is 2.41. The Bertz CT molecular complexity index is 587. The van der Waals surface area contributed by atoms with Crippen LogP contribution in [0.15, 0.2) is 18.2 Å². The van der Waals surface area contributed by atoms with Crippen LogP contribution in [0, 0.1) is 0 Å². The lowest BCUT2D eigenvalue weighted by Crippen LogP contribution is -2.41. The number of rotatable bonds is 7. The highest BCUT2D eigenvalue weighted by atomic mass is 35.5. The molecular formula is C16H23BClF2NO4. The Hall–Kier alpha value is -1.09. The van der Waals surface area contributed by atoms with E-state index in [0.29, 0.717) is 11.2 Å². The molecule has 1 aromatic rings. The highest BCUT2D eigenvalue weighted by Gasteiger charge is 2.51. The molecule has 5 nitrogen and oxygen atoms in total. The highest BCUT2D eigenvalue weighted by Crippen LogP contribution is 2.37. The molecular weight excluding hydrogens is 354 g/mol. The van der Waals surface area contributed by atoms with Crippen molar-refractivity contribution in [2.75, 3.05) is 17.7 Å². The smallest absolute Gasteiger partial charge is 0.435 e. The van der Waals surface area contributed by atoms with E-state index in [1.54, 1.807) is 6.07 Å². The minimum atomic E-state index is -2.95. The zero-order valence-corrected chi connectivity index (χ0v) is 15.4. The Kier molecular flexibility index (Phi) is 6.19. The van der Waals surface area contributed by atoms with Gasteiger partial charge in [-0.15, -0.1) is 11.6 Å². The molecule has 2 rings (SSSR count). The molecule has 140 valence electrons. The lowest BCUT2D eigenvalue weighted by Gasteiger charge is -2.32. The Morgan fingerprint density at radius 3 is 2.32 bits per heavy atom. The Morgan fingerprint density at radius 1 is 1.20 bits per heavy atom. The number of ether oxygens (including phenoxy) is 1. The maximum absolute atomic E-state index is 12.6. The van der Waals surface area contributed by atoms with Crippen molar-refractivity contribution in [1.29, 1.82) is 0 Å². The number of halogens is 3. The van der Waals surface area contributed by atoms with Crippen LogP contribution in [0.2, 0.25) is 0 Å². The number of anilines is 1. The van der Waals surface area contributed by atoms with Crippen LogP contribution in [0.3, 0.4) is 0 Å². The topological polar surface area (TPSA) is 60.0 Å². The van der Waals surface area contributed by atoms with Crippen molar-refractivity contribution < 1.29 is 27.9 Å². The van der Waals surface area contributed by atoms with Crippen LogP contribution in [0.25, 0.3) is 0 Å². The molecule has 0 aliphatic carbocycles. The summed E-state index contributed by atoms with van der Waals surface area (Å²) in [5.41, 5.74) is -0.0778. The number of hydrogen-bond acceptors (Lipinski definition) is 5. The second kappa shape index (κ2) is 7.66. The van der Waals surface area contributed by atoms with Crippen molar-refractivity contribution in [1.82, 2.24) is 0 Å². The first kappa shape index (κ1) is 20.2. The minimum absolute atomic E-state index is 0.0231. The predicted octanol–water partition coefficient (Wildman–Crippen LogP) is 2.60. The first-order valence-corrected chi connectivity index (χ1v) is 8.51. The minimum Gasteiger partial charge on any atom is -0.435 e. The second-order valence-corrected chi connectivity index (χ2v) is 7.26. The van der Waals surface area contributed by atoms with Crippen molar-refractivity contribution in [3.63, 3.8) is 0 Å². The van der Waals surface area contributed by atoms with Crippen molar-refractivity contribution in [3.8, 4) is 5.75 Å². The fourth-order valence-electron chi connectivity index (χ4n) is 2.30. The van der Waals surface area contributed by atoms with Crippen LogP contribution in [0.5, 0.6) is 5.75 Å². The highest BCUT2D eigenvalue weighted by molar-refractivity contribution is 6.62. The Morgan fingerprint density at radius 2 is 1.80 bits per heavy atom. The van der Waals surface area contributed by atoms with Gasteiger partial charge in [0.25, 0.3) is 0 Å². The average molecular weight is 378 g/mol. The van der Waals surface area contributed by atoms with Gasteiger partial charge in [-0.2, -0.15) is 8.78 Å². The molecule has 0 spiro atoms. The van der Waals surface area contributed by atoms with Crippen molar-refractivity contribution >= 4 is 29.9 Å². The third-order valence-electron chi connectivity index (χ3n) is 4.40. The predicted molar refractivity (Wildman–Crippen MR) is 94.0 cm³/mol. The van der Waals surface area contributed by atoms with Crippen molar-refractivity contribution in [2.24, 2.45) is 0 Å². The molecule has 25 heavy (non-hydrogen) atoms. The summed E-state index contributed by atoms with van der Waals surface area (Å²) in [6.07, 6.45) is -0.762. The van der Waals surface area contributed by atoms with Crippen LogP contribution < -0.4 is 15.5 Å². The SMILES string of the molecule is CC1(C)OB(c2cc(NCC(O)CCl)cc(OC(F)F)c2)OC1(C)C. The maximum atomic E-state index is 12.6. The van der Waals surface area contributed by atoms with Gasteiger partial charge < -0.3 is 24.5 Å². The normalized spacial score (nSPS) is 20.0. The summed E-state index contributed by atoms with van der Waals surface area (Å²) in [6, 6.07) is 4.58. The first-order valence-electron chi connectivity index (χ1n) is 7.97. The fraction of sp³-hybridized carbons (Fsp3) is 0.625. The first-order chi connectivity index (χ1) is 11.5. The number of nitrogens with one attached hydrogen (secondary N) is 1. The Balaban J connectivity index is 2.27. The molecule has 2 N–H and O–H groups in total. The standard InChI is InChI=1S/C16H23BClF2NO4/c1-15(2)16(3,4)25-17(24-15)10-5-11(21-9-12(22)8-18)7-13(6-10)23-14(19)20/h5-7,12,14,21-22H,8-9H2,1-4H3. The summed E-state index contributed by atoms with van der Waals surface area (Å²) in [7, 11) is -0.718. The van der Waals surface area contributed by atoms with Crippen LogP contribution in [0.1, 0.15) is 27.7 Å². The second-order valence-electron chi connectivity index (χ2n) is 6.95. The molecule has 1 aliphatic rings. The summed E-state index contributed by atoms with van der Waals surface area (Å²) in [5.74, 6) is 0.0368. The summed E-state index contributed by atoms with van der Waals surface area (Å²) >= 11 is 5.56. The molecule has 0 aromatic heterocycles. The molecule has 0 amide bonds. The van der Waals surface area contributed by atoms with E-state index in [-0.39, 0.29) is 18.2 Å². The lowest BCUT2D eigenvalue weighted by molar-refractivity contribution is -0.0497. The lowest BCUT2D eigenvalue weighted by atomic mass is 9.78. The van der Waals surface area contributed by atoms with E-state index >= 15 is 0 Å². The van der Waals surface area contributed by atoms with Gasteiger partial charge in [-0.1, -0.05) is 0 Å². The summed E-state index contributed by atoms with van der Waals surface area (Å²) < 4.78 is 41.6. The summed E-state index contributed by atoms with van der Waals surface area (Å²) in [6.45, 7) is 4.84. The van der Waals surface area contributed by atoms with Crippen molar-refractivity contribution in [3.05, 3.63) is 18.2 Å². The van der Waals surface area contributed by atoms with Crippen LogP contribution in [0.4, 0.5) is 14.5 Å². The van der Waals surface area contributed by atoms with Crippen molar-refractivity contribution in [2.45, 2.75) is 51.6 Å². The summed E-state index contributed by atoms with van der Waals surface area (Å²) in [5, 5.41) is 12.5. The van der Waals surface area contributed by atoms with Gasteiger partial charge in [0.15, 0.2) is 0 Å². The van der Waals surface area contributed by atoms with Crippen LogP contribution in [-0.2, 0) is 9.31 Å². The molecule has 1 saturated heterocycles. The maximum Gasteiger partial charge on any atom is 0.495 e. The van der Waals surface area contributed by atoms with E-state index in [2.05, 4.69) is 10.1 Å². The molecule has 1 heterocycles. The largest absolute Gasteiger partial charge is 0.495 e. The molecule has 1 fully saturated rings. The van der Waals surface area contributed by atoms with Gasteiger partial charge in [0.05, 0.1) is 23.2 Å². The van der Waals surface area contributed by atoms with Crippen LogP contribution in [-0.4, -0.2) is 48.6 Å². The van der Waals surface area contributed by atoms with E-state index in [1.165, 1.54) is 12.1 Å².